The molecule has 9 heterocycles. The Balaban J connectivity index is 0.889. The van der Waals surface area contributed by atoms with Gasteiger partial charge in [0.1, 0.15) is 11.5 Å². The average Bonchev–Trinajstić information content (AvgIpc) is 1.50. The summed E-state index contributed by atoms with van der Waals surface area (Å²) in [7, 11) is 0. The first-order valence-electron chi connectivity index (χ1n) is 31.7. The minimum absolute atomic E-state index is 0.570. The summed E-state index contributed by atoms with van der Waals surface area (Å²) in [4.78, 5) is 19.8. The number of hydrogen-bond acceptors (Lipinski definition) is 5. The van der Waals surface area contributed by atoms with E-state index in [2.05, 4.69) is 269 Å². The smallest absolute Gasteiger partial charge is 0.188 e. The van der Waals surface area contributed by atoms with Gasteiger partial charge >= 0.3 is 0 Å². The monoisotopic (exact) mass is 1210 g/mol. The fourth-order valence-corrected chi connectivity index (χ4v) is 16.5. The number of nitrogens with zero attached hydrogens (tertiary/aromatic N) is 10. The second-order valence-electron chi connectivity index (χ2n) is 24.9. The highest BCUT2D eigenvalue weighted by molar-refractivity contribution is 6.15. The minimum atomic E-state index is -1.18. The molecule has 2 aliphatic rings. The first kappa shape index (κ1) is 51.4. The van der Waals surface area contributed by atoms with E-state index in [0.717, 1.165) is 171 Å². The number of benzene rings is 11. The van der Waals surface area contributed by atoms with Crippen molar-refractivity contribution in [2.45, 2.75) is 5.41 Å². The van der Waals surface area contributed by atoms with Crippen molar-refractivity contribution in [3.8, 4) is 57.4 Å². The molecule has 1 spiro atoms. The predicted octanol–water partition coefficient (Wildman–Crippen LogP) is 20.2. The van der Waals surface area contributed by atoms with Gasteiger partial charge in [-0.05, 0) is 145 Å². The van der Waals surface area contributed by atoms with Gasteiger partial charge in [0.25, 0.3) is 0 Å². The molecule has 0 N–H and O–H groups in total. The van der Waals surface area contributed by atoms with E-state index in [-0.39, 0.29) is 0 Å². The van der Waals surface area contributed by atoms with Crippen molar-refractivity contribution in [3.05, 3.63) is 319 Å². The lowest BCUT2D eigenvalue weighted by molar-refractivity contribution is 0.436. The highest BCUT2D eigenvalue weighted by atomic mass is 16.5. The van der Waals surface area contributed by atoms with Gasteiger partial charge in [-0.3, -0.25) is 15.0 Å². The Morgan fingerprint density at radius 3 is 1.19 bits per heavy atom. The van der Waals surface area contributed by atoms with Gasteiger partial charge in [0.05, 0.1) is 120 Å². The number of rotatable bonds is 5. The van der Waals surface area contributed by atoms with Crippen LogP contribution < -0.4 is 4.74 Å². The fourth-order valence-electron chi connectivity index (χ4n) is 16.5. The average molecular weight is 1210 g/mol. The number of para-hydroxylation sites is 6. The normalized spacial score (nSPS) is 13.0. The number of ether oxygens (including phenoxy) is 1. The summed E-state index contributed by atoms with van der Waals surface area (Å²) in [5, 5.41) is 21.5. The van der Waals surface area contributed by atoms with Crippen molar-refractivity contribution >= 4 is 115 Å². The maximum Gasteiger partial charge on any atom is 0.188 e. The van der Waals surface area contributed by atoms with Crippen LogP contribution in [0, 0.1) is 17.9 Å². The number of nitriles is 1. The molecule has 0 saturated heterocycles. The summed E-state index contributed by atoms with van der Waals surface area (Å²) in [6.07, 6.45) is 7.84. The van der Waals surface area contributed by atoms with Crippen LogP contribution in [0.1, 0.15) is 27.8 Å². The molecule has 0 saturated carbocycles. The maximum atomic E-state index is 10.6. The molecule has 1 aliphatic carbocycles. The van der Waals surface area contributed by atoms with Gasteiger partial charge in [0, 0.05) is 94.0 Å². The lowest BCUT2D eigenvalue weighted by atomic mass is 9.66. The van der Waals surface area contributed by atoms with Crippen LogP contribution in [0.4, 0.5) is 5.69 Å². The van der Waals surface area contributed by atoms with Gasteiger partial charge < -0.3 is 27.6 Å². The summed E-state index contributed by atoms with van der Waals surface area (Å²) in [5.74, 6) is 1.39. The molecular formula is C84H46N10O. The van der Waals surface area contributed by atoms with Crippen molar-refractivity contribution in [3.63, 3.8) is 0 Å². The van der Waals surface area contributed by atoms with E-state index in [1.54, 1.807) is 0 Å². The number of aromatic nitrogens is 8. The van der Waals surface area contributed by atoms with E-state index in [0.29, 0.717) is 22.7 Å². The minimum Gasteiger partial charge on any atom is -0.457 e. The van der Waals surface area contributed by atoms with Gasteiger partial charge in [0.15, 0.2) is 5.69 Å². The first-order valence-corrected chi connectivity index (χ1v) is 31.7. The van der Waals surface area contributed by atoms with Crippen LogP contribution in [-0.4, -0.2) is 37.8 Å². The van der Waals surface area contributed by atoms with Crippen LogP contribution in [0.3, 0.4) is 0 Å². The van der Waals surface area contributed by atoms with E-state index < -0.39 is 5.41 Å². The number of fused-ring (bicyclic) bond motifs is 24. The van der Waals surface area contributed by atoms with Gasteiger partial charge in [-0.1, -0.05) is 115 Å². The van der Waals surface area contributed by atoms with Gasteiger partial charge in [0.2, 0.25) is 0 Å². The molecule has 11 nitrogen and oxygen atoms in total. The topological polar surface area (TPSA) is 101 Å². The van der Waals surface area contributed by atoms with E-state index in [9.17, 15) is 5.26 Å². The van der Waals surface area contributed by atoms with Crippen molar-refractivity contribution in [2.75, 3.05) is 0 Å². The molecule has 21 rings (SSSR count). The Morgan fingerprint density at radius 2 is 0.705 bits per heavy atom. The lowest BCUT2D eigenvalue weighted by Crippen LogP contribution is -2.33. The molecule has 438 valence electrons. The summed E-state index contributed by atoms with van der Waals surface area (Å²) in [6, 6.07) is 92.7. The van der Waals surface area contributed by atoms with E-state index in [4.69, 9.17) is 21.3 Å². The molecule has 0 fully saturated rings. The van der Waals surface area contributed by atoms with E-state index >= 15 is 0 Å². The molecule has 0 radical (unpaired) electrons. The quantitative estimate of drug-likeness (QED) is 0.160. The van der Waals surface area contributed by atoms with E-state index in [1.807, 2.05) is 49.1 Å². The highest BCUT2D eigenvalue weighted by Crippen LogP contribution is 2.63. The zero-order valence-corrected chi connectivity index (χ0v) is 50.4. The molecule has 1 aliphatic heterocycles. The first-order chi connectivity index (χ1) is 47.0. The summed E-state index contributed by atoms with van der Waals surface area (Å²) < 4.78 is 19.1. The van der Waals surface area contributed by atoms with Crippen molar-refractivity contribution in [2.24, 2.45) is 0 Å². The molecular weight excluding hydrogens is 1160 g/mol. The Kier molecular flexibility index (Phi) is 10.2. The highest BCUT2D eigenvalue weighted by Gasteiger charge is 2.54. The predicted molar refractivity (Wildman–Crippen MR) is 380 cm³/mol. The van der Waals surface area contributed by atoms with Gasteiger partial charge in [-0.25, -0.2) is 4.85 Å². The summed E-state index contributed by atoms with van der Waals surface area (Å²) >= 11 is 0. The maximum absolute atomic E-state index is 10.6. The Morgan fingerprint density at radius 1 is 0.337 bits per heavy atom. The zero-order valence-electron chi connectivity index (χ0n) is 50.4. The standard InChI is InChI=1S/C84H46N10O/c1-86-50-27-32-77-64(39-50)61-19-7-13-25-75(61)90(77)52-29-34-80-66(41-52)84(67-42-53(30-35-81(67)95-80)91-76-31-26-49(45-85)38-63(76)65-40-51(28-33-78(65)91)92-70-20-8-6-18-60(70)62-36-37-87-48-79(62)92)68-43-54(93-71-21-9-2-14-56(71)57-15-3-10-22-72(57)93)46-88-82(68)83-69(84)44-55(47-89-83)94-73-23-11-4-16-58(73)59-17-5-12-24-74(59)94/h2-44,46-48H. The third kappa shape index (κ3) is 6.81. The fraction of sp³-hybridized carbons (Fsp3) is 0.0119. The Hall–Kier alpha value is -13.4. The Bertz CT molecular complexity index is 6430. The molecule has 0 amide bonds. The molecule has 0 unspecified atom stereocenters. The molecule has 95 heavy (non-hydrogen) atoms. The van der Waals surface area contributed by atoms with Crippen LogP contribution in [0.2, 0.25) is 0 Å². The zero-order chi connectivity index (χ0) is 62.4. The molecule has 8 aromatic heterocycles. The van der Waals surface area contributed by atoms with E-state index in [1.165, 1.54) is 0 Å². The lowest BCUT2D eigenvalue weighted by Gasteiger charge is -2.39. The van der Waals surface area contributed by atoms with Crippen LogP contribution in [0.5, 0.6) is 11.5 Å². The molecule has 11 aromatic carbocycles. The largest absolute Gasteiger partial charge is 0.457 e. The molecule has 0 atom stereocenters. The van der Waals surface area contributed by atoms with Crippen LogP contribution in [0.25, 0.3) is 154 Å². The summed E-state index contributed by atoms with van der Waals surface area (Å²) in [6.45, 7) is 8.07. The molecule has 19 aromatic rings. The number of hydrogen-bond donors (Lipinski definition) is 0. The van der Waals surface area contributed by atoms with Crippen LogP contribution in [0.15, 0.2) is 280 Å². The van der Waals surface area contributed by atoms with Gasteiger partial charge in [-0.15, -0.1) is 0 Å². The summed E-state index contributed by atoms with van der Waals surface area (Å²) in [5.41, 5.74) is 20.1. The van der Waals surface area contributed by atoms with Crippen LogP contribution >= 0.6 is 0 Å². The van der Waals surface area contributed by atoms with Crippen molar-refractivity contribution < 1.29 is 4.74 Å². The second kappa shape index (κ2) is 18.9. The molecule has 0 bridgehead atoms. The van der Waals surface area contributed by atoms with Gasteiger partial charge in [-0.2, -0.15) is 5.26 Å². The van der Waals surface area contributed by atoms with Crippen molar-refractivity contribution in [1.29, 1.82) is 5.26 Å². The third-order valence-corrected chi connectivity index (χ3v) is 20.3. The number of pyridine rings is 3. The SMILES string of the molecule is [C-]#[N+]c1ccc2c(c1)c1ccccc1n2-c1ccc2c(c1)C1(c3cc(-n4c5ccc(C#N)cc5c5cc(-n6c7ccccc7c7ccncc76)ccc54)ccc3O2)c2cc(-n3c4ccccc4c4ccccc43)cnc2-c2ncc(-n3c4ccccc4c4ccccc43)cc21. The molecule has 11 heteroatoms. The van der Waals surface area contributed by atoms with Crippen molar-refractivity contribution in [1.82, 2.24) is 37.8 Å². The third-order valence-electron chi connectivity index (χ3n) is 20.3. The van der Waals surface area contributed by atoms with Crippen LogP contribution in [-0.2, 0) is 5.41 Å². The Labute approximate surface area is 541 Å². The second-order valence-corrected chi connectivity index (χ2v) is 24.9.